The predicted octanol–water partition coefficient (Wildman–Crippen LogP) is 4.42. The molecule has 2 aromatic carbocycles. The third-order valence-corrected chi connectivity index (χ3v) is 6.20. The van der Waals surface area contributed by atoms with Crippen LogP contribution < -0.4 is 14.3 Å². The molecule has 9 heteroatoms. The highest BCUT2D eigenvalue weighted by atomic mass is 35.5. The van der Waals surface area contributed by atoms with E-state index in [1.54, 1.807) is 29.7 Å². The largest absolute Gasteiger partial charge is 0.454 e. The van der Waals surface area contributed by atoms with Crippen molar-refractivity contribution in [3.05, 3.63) is 57.5 Å². The minimum absolute atomic E-state index is 0.176. The van der Waals surface area contributed by atoms with Gasteiger partial charge in [-0.2, -0.15) is 4.99 Å². The number of halogens is 1. The van der Waals surface area contributed by atoms with E-state index in [-0.39, 0.29) is 18.9 Å². The number of carbonyl (C=O) groups is 1. The van der Waals surface area contributed by atoms with Crippen LogP contribution in [0.15, 0.2) is 45.9 Å². The van der Waals surface area contributed by atoms with E-state index >= 15 is 0 Å². The number of hydrogen-bond acceptors (Lipinski definition) is 6. The van der Waals surface area contributed by atoms with Gasteiger partial charge in [0.1, 0.15) is 17.0 Å². The molecule has 154 valence electrons. The first-order chi connectivity index (χ1) is 15.1. The van der Waals surface area contributed by atoms with Gasteiger partial charge in [0.05, 0.1) is 21.8 Å². The number of hydrogen-bond donors (Lipinski definition) is 0. The number of aromatic nitrogens is 2. The Kier molecular flexibility index (Phi) is 4.77. The van der Waals surface area contributed by atoms with Crippen molar-refractivity contribution in [3.63, 3.8) is 0 Å². The van der Waals surface area contributed by atoms with Crippen LogP contribution in [-0.4, -0.2) is 22.4 Å². The van der Waals surface area contributed by atoms with Gasteiger partial charge in [-0.25, -0.2) is 0 Å². The number of terminal acetylenes is 1. The molecule has 31 heavy (non-hydrogen) atoms. The van der Waals surface area contributed by atoms with E-state index in [1.807, 2.05) is 18.2 Å². The van der Waals surface area contributed by atoms with Crippen molar-refractivity contribution in [2.45, 2.75) is 13.5 Å². The third kappa shape index (κ3) is 3.28. The van der Waals surface area contributed by atoms with Crippen molar-refractivity contribution in [1.29, 1.82) is 0 Å². The van der Waals surface area contributed by atoms with Crippen molar-refractivity contribution in [2.75, 3.05) is 6.79 Å². The Bertz CT molecular complexity index is 1460. The maximum absolute atomic E-state index is 13.2. The van der Waals surface area contributed by atoms with Gasteiger partial charge in [-0.05, 0) is 13.0 Å². The number of ether oxygens (including phenoxy) is 2. The van der Waals surface area contributed by atoms with E-state index in [0.717, 1.165) is 10.2 Å². The Labute approximate surface area is 185 Å². The predicted molar refractivity (Wildman–Crippen MR) is 116 cm³/mol. The SMILES string of the molecule is C#CCn1c(=NC(=O)c2c(-c3ccccc3Cl)noc2C)sc2cc3c(cc21)OCO3. The first kappa shape index (κ1) is 19.4. The molecule has 0 spiro atoms. The summed E-state index contributed by atoms with van der Waals surface area (Å²) >= 11 is 7.64. The molecule has 0 N–H and O–H groups in total. The van der Waals surface area contributed by atoms with Crippen LogP contribution in [0.4, 0.5) is 0 Å². The highest BCUT2D eigenvalue weighted by Crippen LogP contribution is 2.37. The van der Waals surface area contributed by atoms with Gasteiger partial charge < -0.3 is 18.6 Å². The molecule has 0 unspecified atom stereocenters. The van der Waals surface area contributed by atoms with Gasteiger partial charge in [0.2, 0.25) is 6.79 Å². The van der Waals surface area contributed by atoms with Gasteiger partial charge >= 0.3 is 0 Å². The summed E-state index contributed by atoms with van der Waals surface area (Å²) in [6.45, 7) is 2.08. The van der Waals surface area contributed by atoms with Crippen molar-refractivity contribution in [2.24, 2.45) is 4.99 Å². The van der Waals surface area contributed by atoms with Crippen LogP contribution in [0.5, 0.6) is 11.5 Å². The van der Waals surface area contributed by atoms with Crippen LogP contribution in [0.1, 0.15) is 16.1 Å². The number of aryl methyl sites for hydroxylation is 1. The number of carbonyl (C=O) groups excluding carboxylic acids is 1. The Morgan fingerprint density at radius 1 is 1.32 bits per heavy atom. The molecule has 0 bridgehead atoms. The second kappa shape index (κ2) is 7.61. The van der Waals surface area contributed by atoms with Crippen LogP contribution in [0.2, 0.25) is 5.02 Å². The average molecular weight is 452 g/mol. The lowest BCUT2D eigenvalue weighted by atomic mass is 10.1. The normalized spacial score (nSPS) is 13.0. The summed E-state index contributed by atoms with van der Waals surface area (Å²) in [6, 6.07) is 10.8. The molecule has 7 nitrogen and oxygen atoms in total. The molecule has 0 atom stereocenters. The zero-order chi connectivity index (χ0) is 21.5. The molecular formula is C22H14ClN3O4S. The maximum Gasteiger partial charge on any atom is 0.285 e. The van der Waals surface area contributed by atoms with Gasteiger partial charge in [-0.1, -0.05) is 52.2 Å². The van der Waals surface area contributed by atoms with Crippen LogP contribution in [-0.2, 0) is 6.54 Å². The highest BCUT2D eigenvalue weighted by Gasteiger charge is 2.24. The van der Waals surface area contributed by atoms with Crippen molar-refractivity contribution >= 4 is 39.1 Å². The second-order valence-corrected chi connectivity index (χ2v) is 8.12. The number of rotatable bonds is 3. The van der Waals surface area contributed by atoms with Gasteiger partial charge in [-0.15, -0.1) is 6.42 Å². The average Bonchev–Trinajstić information content (AvgIpc) is 3.44. The Morgan fingerprint density at radius 3 is 2.87 bits per heavy atom. The highest BCUT2D eigenvalue weighted by molar-refractivity contribution is 7.16. The molecule has 0 saturated heterocycles. The standard InChI is InChI=1S/C22H14ClN3O4S/c1-3-8-26-15-9-16-17(29-11-28-16)10-18(15)31-22(26)24-21(27)19-12(2)30-25-20(19)13-6-4-5-7-14(13)23/h1,4-7,9-10H,8,11H2,2H3. The molecule has 4 aromatic rings. The fourth-order valence-corrected chi connectivity index (χ4v) is 4.66. The minimum Gasteiger partial charge on any atom is -0.454 e. The Balaban J connectivity index is 1.66. The summed E-state index contributed by atoms with van der Waals surface area (Å²) in [6.07, 6.45) is 5.57. The van der Waals surface area contributed by atoms with Crippen LogP contribution in [0, 0.1) is 19.3 Å². The van der Waals surface area contributed by atoms with Crippen molar-refractivity contribution < 1.29 is 18.8 Å². The third-order valence-electron chi connectivity index (χ3n) is 4.83. The minimum atomic E-state index is -0.494. The monoisotopic (exact) mass is 451 g/mol. The lowest BCUT2D eigenvalue weighted by Gasteiger charge is -2.02. The summed E-state index contributed by atoms with van der Waals surface area (Å²) in [4.78, 5) is 18.0. The number of thiazole rings is 1. The molecule has 0 fully saturated rings. The summed E-state index contributed by atoms with van der Waals surface area (Å²) in [5.74, 6) is 3.75. The van der Waals surface area contributed by atoms with Crippen LogP contribution >= 0.6 is 22.9 Å². The summed E-state index contributed by atoms with van der Waals surface area (Å²) in [5.41, 5.74) is 2.01. The number of fused-ring (bicyclic) bond motifs is 2. The van der Waals surface area contributed by atoms with Gasteiger partial charge in [-0.3, -0.25) is 4.79 Å². The Hall–Kier alpha value is -3.54. The molecule has 5 rings (SSSR count). The van der Waals surface area contributed by atoms with Crippen LogP contribution in [0.3, 0.4) is 0 Å². The van der Waals surface area contributed by atoms with Crippen LogP contribution in [0.25, 0.3) is 21.5 Å². The molecule has 0 aliphatic carbocycles. The fourth-order valence-electron chi connectivity index (χ4n) is 3.39. The van der Waals surface area contributed by atoms with Gasteiger partial charge in [0.15, 0.2) is 16.3 Å². The van der Waals surface area contributed by atoms with E-state index in [2.05, 4.69) is 16.1 Å². The molecule has 1 aliphatic heterocycles. The molecule has 1 aliphatic rings. The summed E-state index contributed by atoms with van der Waals surface area (Å²) in [7, 11) is 0. The summed E-state index contributed by atoms with van der Waals surface area (Å²) < 4.78 is 18.9. The fraction of sp³-hybridized carbons (Fsp3) is 0.136. The van der Waals surface area contributed by atoms with E-state index < -0.39 is 5.91 Å². The van der Waals surface area contributed by atoms with Gasteiger partial charge in [0, 0.05) is 17.7 Å². The summed E-state index contributed by atoms with van der Waals surface area (Å²) in [5, 5.41) is 4.51. The number of nitrogens with zero attached hydrogens (tertiary/aromatic N) is 3. The lowest BCUT2D eigenvalue weighted by molar-refractivity contribution is 0.0997. The molecule has 0 saturated carbocycles. The quantitative estimate of drug-likeness (QED) is 0.431. The van der Waals surface area contributed by atoms with E-state index in [4.69, 9.17) is 32.0 Å². The molecule has 0 radical (unpaired) electrons. The van der Waals surface area contributed by atoms with Crippen molar-refractivity contribution in [1.82, 2.24) is 9.72 Å². The maximum atomic E-state index is 13.2. The smallest absolute Gasteiger partial charge is 0.285 e. The molecule has 3 heterocycles. The first-order valence-electron chi connectivity index (χ1n) is 9.23. The lowest BCUT2D eigenvalue weighted by Crippen LogP contribution is -2.16. The Morgan fingerprint density at radius 2 is 2.10 bits per heavy atom. The molecular weight excluding hydrogens is 438 g/mol. The first-order valence-corrected chi connectivity index (χ1v) is 10.4. The number of benzene rings is 2. The zero-order valence-corrected chi connectivity index (χ0v) is 17.8. The molecule has 1 amide bonds. The van der Waals surface area contributed by atoms with Gasteiger partial charge in [0.25, 0.3) is 5.91 Å². The van der Waals surface area contributed by atoms with E-state index in [1.165, 1.54) is 11.3 Å². The zero-order valence-electron chi connectivity index (χ0n) is 16.2. The van der Waals surface area contributed by atoms with E-state index in [0.29, 0.717) is 38.3 Å². The molecule has 2 aromatic heterocycles. The van der Waals surface area contributed by atoms with E-state index in [9.17, 15) is 4.79 Å². The topological polar surface area (TPSA) is 78.9 Å². The number of amides is 1. The second-order valence-electron chi connectivity index (χ2n) is 6.71. The van der Waals surface area contributed by atoms with Crippen molar-refractivity contribution in [3.8, 4) is 35.1 Å².